The standard InChI is InChI=1S/C17H18ClN3O4/c1-12-6-7-13(18)16(10-12)25-11-17(22)20-9-8-19-14-4-2-3-5-15(14)21(23)24/h2-7,10,19H,8-9,11H2,1H3,(H,20,22). The summed E-state index contributed by atoms with van der Waals surface area (Å²) in [7, 11) is 0. The predicted molar refractivity (Wildman–Crippen MR) is 96.3 cm³/mol. The van der Waals surface area contributed by atoms with Crippen molar-refractivity contribution in [2.45, 2.75) is 6.92 Å². The van der Waals surface area contributed by atoms with Crippen LogP contribution in [0.25, 0.3) is 0 Å². The van der Waals surface area contributed by atoms with Crippen molar-refractivity contribution >= 4 is 28.9 Å². The maximum atomic E-state index is 11.8. The molecule has 0 spiro atoms. The summed E-state index contributed by atoms with van der Waals surface area (Å²) >= 11 is 5.99. The summed E-state index contributed by atoms with van der Waals surface area (Å²) in [6.45, 7) is 2.39. The van der Waals surface area contributed by atoms with E-state index in [1.54, 1.807) is 30.3 Å². The van der Waals surface area contributed by atoms with E-state index in [0.717, 1.165) is 5.56 Å². The Kier molecular flexibility index (Phi) is 6.59. The molecule has 2 aromatic carbocycles. The van der Waals surface area contributed by atoms with Crippen LogP contribution in [0.15, 0.2) is 42.5 Å². The third-order valence-corrected chi connectivity index (χ3v) is 3.62. The maximum Gasteiger partial charge on any atom is 0.292 e. The topological polar surface area (TPSA) is 93.5 Å². The summed E-state index contributed by atoms with van der Waals surface area (Å²) in [5.74, 6) is 0.150. The van der Waals surface area contributed by atoms with Crippen LogP contribution in [0.4, 0.5) is 11.4 Å². The third kappa shape index (κ3) is 5.65. The van der Waals surface area contributed by atoms with Crippen LogP contribution in [-0.4, -0.2) is 30.5 Å². The molecule has 0 bridgehead atoms. The zero-order valence-electron chi connectivity index (χ0n) is 13.6. The number of halogens is 1. The Labute approximate surface area is 150 Å². The molecule has 0 radical (unpaired) electrons. The second-order valence-corrected chi connectivity index (χ2v) is 5.68. The van der Waals surface area contributed by atoms with E-state index in [2.05, 4.69) is 10.6 Å². The highest BCUT2D eigenvalue weighted by Gasteiger charge is 2.11. The summed E-state index contributed by atoms with van der Waals surface area (Å²) in [5, 5.41) is 16.9. The fourth-order valence-electron chi connectivity index (χ4n) is 2.10. The first-order valence-corrected chi connectivity index (χ1v) is 7.98. The van der Waals surface area contributed by atoms with E-state index >= 15 is 0 Å². The average molecular weight is 364 g/mol. The monoisotopic (exact) mass is 363 g/mol. The Bertz CT molecular complexity index is 767. The van der Waals surface area contributed by atoms with Gasteiger partial charge in [-0.15, -0.1) is 0 Å². The van der Waals surface area contributed by atoms with Crippen molar-refractivity contribution < 1.29 is 14.5 Å². The van der Waals surface area contributed by atoms with Crippen molar-refractivity contribution in [3.63, 3.8) is 0 Å². The molecule has 25 heavy (non-hydrogen) atoms. The molecule has 0 aliphatic carbocycles. The molecule has 2 aromatic rings. The van der Waals surface area contributed by atoms with Crippen LogP contribution in [0.2, 0.25) is 5.02 Å². The number of hydrogen-bond donors (Lipinski definition) is 2. The van der Waals surface area contributed by atoms with Gasteiger partial charge in [-0.25, -0.2) is 0 Å². The lowest BCUT2D eigenvalue weighted by Crippen LogP contribution is -2.32. The van der Waals surface area contributed by atoms with Crippen LogP contribution >= 0.6 is 11.6 Å². The number of nitrogens with zero attached hydrogens (tertiary/aromatic N) is 1. The molecule has 2 N–H and O–H groups in total. The molecule has 0 saturated carbocycles. The van der Waals surface area contributed by atoms with Crippen LogP contribution in [0.3, 0.4) is 0 Å². The number of aryl methyl sites for hydroxylation is 1. The highest BCUT2D eigenvalue weighted by Crippen LogP contribution is 2.25. The Morgan fingerprint density at radius 1 is 1.24 bits per heavy atom. The zero-order chi connectivity index (χ0) is 18.2. The van der Waals surface area contributed by atoms with E-state index in [-0.39, 0.29) is 18.2 Å². The van der Waals surface area contributed by atoms with Crippen molar-refractivity contribution in [1.82, 2.24) is 5.32 Å². The zero-order valence-corrected chi connectivity index (χ0v) is 14.4. The molecule has 7 nitrogen and oxygen atoms in total. The summed E-state index contributed by atoms with van der Waals surface area (Å²) in [4.78, 5) is 22.2. The molecule has 1 amide bonds. The SMILES string of the molecule is Cc1ccc(Cl)c(OCC(=O)NCCNc2ccccc2[N+](=O)[O-])c1. The van der Waals surface area contributed by atoms with Crippen molar-refractivity contribution in [2.75, 3.05) is 25.0 Å². The first-order chi connectivity index (χ1) is 12.0. The Morgan fingerprint density at radius 3 is 2.76 bits per heavy atom. The van der Waals surface area contributed by atoms with Gasteiger partial charge in [0.2, 0.25) is 0 Å². The molecule has 8 heteroatoms. The van der Waals surface area contributed by atoms with E-state index in [4.69, 9.17) is 16.3 Å². The molecule has 0 aliphatic rings. The lowest BCUT2D eigenvalue weighted by atomic mass is 10.2. The predicted octanol–water partition coefficient (Wildman–Crippen LogP) is 3.16. The first-order valence-electron chi connectivity index (χ1n) is 7.60. The Balaban J connectivity index is 1.74. The fraction of sp³-hybridized carbons (Fsp3) is 0.235. The number of anilines is 1. The Morgan fingerprint density at radius 2 is 2.00 bits per heavy atom. The van der Waals surface area contributed by atoms with E-state index in [1.807, 2.05) is 13.0 Å². The molecule has 0 unspecified atom stereocenters. The highest BCUT2D eigenvalue weighted by atomic mass is 35.5. The lowest BCUT2D eigenvalue weighted by molar-refractivity contribution is -0.384. The lowest BCUT2D eigenvalue weighted by Gasteiger charge is -2.10. The van der Waals surface area contributed by atoms with Gasteiger partial charge in [-0.05, 0) is 30.7 Å². The number of nitro benzene ring substituents is 1. The van der Waals surface area contributed by atoms with Gasteiger partial charge in [0.05, 0.1) is 9.95 Å². The number of benzene rings is 2. The van der Waals surface area contributed by atoms with Gasteiger partial charge in [0.15, 0.2) is 6.61 Å². The fourth-order valence-corrected chi connectivity index (χ4v) is 2.27. The van der Waals surface area contributed by atoms with Gasteiger partial charge in [0.1, 0.15) is 11.4 Å². The maximum absolute atomic E-state index is 11.8. The number of amides is 1. The number of carbonyl (C=O) groups excluding carboxylic acids is 1. The molecule has 0 atom stereocenters. The number of ether oxygens (including phenoxy) is 1. The van der Waals surface area contributed by atoms with Gasteiger partial charge in [0, 0.05) is 19.2 Å². The van der Waals surface area contributed by atoms with E-state index in [0.29, 0.717) is 29.5 Å². The van der Waals surface area contributed by atoms with Gasteiger partial charge < -0.3 is 15.4 Å². The van der Waals surface area contributed by atoms with Crippen LogP contribution in [0.5, 0.6) is 5.75 Å². The number of nitrogens with one attached hydrogen (secondary N) is 2. The average Bonchev–Trinajstić information content (AvgIpc) is 2.59. The van der Waals surface area contributed by atoms with Crippen LogP contribution in [0.1, 0.15) is 5.56 Å². The molecule has 132 valence electrons. The first kappa shape index (κ1) is 18.5. The minimum absolute atomic E-state index is 0.00810. The second kappa shape index (κ2) is 8.89. The molecule has 0 aliphatic heterocycles. The minimum atomic E-state index is -0.458. The van der Waals surface area contributed by atoms with Gasteiger partial charge >= 0.3 is 0 Å². The summed E-state index contributed by atoms with van der Waals surface area (Å²) in [6.07, 6.45) is 0. The van der Waals surface area contributed by atoms with Crippen molar-refractivity contribution in [1.29, 1.82) is 0 Å². The molecule has 0 fully saturated rings. The number of nitro groups is 1. The number of rotatable bonds is 8. The largest absolute Gasteiger partial charge is 0.482 e. The van der Waals surface area contributed by atoms with Gasteiger partial charge in [-0.3, -0.25) is 14.9 Å². The molecule has 2 rings (SSSR count). The van der Waals surface area contributed by atoms with Gasteiger partial charge in [-0.1, -0.05) is 29.8 Å². The number of carbonyl (C=O) groups is 1. The Hall–Kier alpha value is -2.80. The molecule has 0 aromatic heterocycles. The van der Waals surface area contributed by atoms with Crippen LogP contribution < -0.4 is 15.4 Å². The molecular weight excluding hydrogens is 346 g/mol. The van der Waals surface area contributed by atoms with E-state index < -0.39 is 4.92 Å². The van der Waals surface area contributed by atoms with Crippen molar-refractivity contribution in [3.05, 3.63) is 63.2 Å². The van der Waals surface area contributed by atoms with Crippen molar-refractivity contribution in [3.8, 4) is 5.75 Å². The van der Waals surface area contributed by atoms with E-state index in [1.165, 1.54) is 6.07 Å². The molecule has 0 saturated heterocycles. The number of para-hydroxylation sites is 2. The van der Waals surface area contributed by atoms with Crippen LogP contribution in [-0.2, 0) is 4.79 Å². The normalized spacial score (nSPS) is 10.2. The highest BCUT2D eigenvalue weighted by molar-refractivity contribution is 6.32. The van der Waals surface area contributed by atoms with Gasteiger partial charge in [0.25, 0.3) is 11.6 Å². The smallest absolute Gasteiger partial charge is 0.292 e. The minimum Gasteiger partial charge on any atom is -0.482 e. The number of hydrogen-bond acceptors (Lipinski definition) is 5. The quantitative estimate of drug-likeness (QED) is 0.427. The summed E-state index contributed by atoms with van der Waals surface area (Å²) in [6, 6.07) is 11.6. The van der Waals surface area contributed by atoms with E-state index in [9.17, 15) is 14.9 Å². The molecule has 0 heterocycles. The van der Waals surface area contributed by atoms with Crippen molar-refractivity contribution in [2.24, 2.45) is 0 Å². The van der Waals surface area contributed by atoms with Crippen LogP contribution in [0, 0.1) is 17.0 Å². The summed E-state index contributed by atoms with van der Waals surface area (Å²) in [5.41, 5.74) is 1.38. The second-order valence-electron chi connectivity index (χ2n) is 5.27. The molecular formula is C17H18ClN3O4. The summed E-state index contributed by atoms with van der Waals surface area (Å²) < 4.78 is 5.39. The third-order valence-electron chi connectivity index (χ3n) is 3.31. The van der Waals surface area contributed by atoms with Gasteiger partial charge in [-0.2, -0.15) is 0 Å².